The summed E-state index contributed by atoms with van der Waals surface area (Å²) in [4.78, 5) is 29.1. The van der Waals surface area contributed by atoms with E-state index in [2.05, 4.69) is 4.98 Å². The molecule has 0 N–H and O–H groups in total. The van der Waals surface area contributed by atoms with Crippen LogP contribution >= 0.6 is 0 Å². The van der Waals surface area contributed by atoms with Crippen LogP contribution in [0.2, 0.25) is 0 Å². The minimum absolute atomic E-state index is 0.0936. The van der Waals surface area contributed by atoms with Crippen molar-refractivity contribution in [3.8, 4) is 0 Å². The molecule has 0 aliphatic heterocycles. The van der Waals surface area contributed by atoms with Gasteiger partial charge in [-0.15, -0.1) is 0 Å². The molecule has 0 aliphatic carbocycles. The van der Waals surface area contributed by atoms with Crippen molar-refractivity contribution in [3.05, 3.63) is 23.5 Å². The zero-order chi connectivity index (χ0) is 14.4. The molecule has 0 saturated carbocycles. The van der Waals surface area contributed by atoms with Crippen LogP contribution < -0.4 is 4.90 Å². The Balaban J connectivity index is 3.17. The highest BCUT2D eigenvalue weighted by molar-refractivity contribution is 5.93. The van der Waals surface area contributed by atoms with E-state index in [0.29, 0.717) is 5.69 Å². The Morgan fingerprint density at radius 2 is 1.47 bits per heavy atom. The van der Waals surface area contributed by atoms with E-state index in [1.54, 1.807) is 45.0 Å². The number of carbonyl (C=O) groups excluding carboxylic acids is 2. The van der Waals surface area contributed by atoms with Crippen molar-refractivity contribution in [3.63, 3.8) is 0 Å². The van der Waals surface area contributed by atoms with Gasteiger partial charge in [-0.25, -0.2) is 14.6 Å². The number of rotatable bonds is 5. The molecule has 19 heavy (non-hydrogen) atoms. The maximum absolute atomic E-state index is 11.7. The number of carbonyl (C=O) groups is 2. The van der Waals surface area contributed by atoms with Gasteiger partial charge in [0.05, 0.1) is 13.2 Å². The van der Waals surface area contributed by atoms with E-state index in [4.69, 9.17) is 9.47 Å². The van der Waals surface area contributed by atoms with Crippen LogP contribution in [0.4, 0.5) is 5.69 Å². The van der Waals surface area contributed by atoms with E-state index < -0.39 is 11.9 Å². The van der Waals surface area contributed by atoms with Crippen molar-refractivity contribution in [2.45, 2.75) is 13.8 Å². The summed E-state index contributed by atoms with van der Waals surface area (Å²) >= 11 is 0. The van der Waals surface area contributed by atoms with Gasteiger partial charge in [-0.1, -0.05) is 0 Å². The van der Waals surface area contributed by atoms with Crippen LogP contribution in [0, 0.1) is 0 Å². The molecule has 0 aromatic carbocycles. The SMILES string of the molecule is CCOC(=O)c1cc(N(C)C)cc(C(=O)OCC)n1. The molecule has 0 unspecified atom stereocenters. The largest absolute Gasteiger partial charge is 0.461 e. The van der Waals surface area contributed by atoms with Crippen LogP contribution in [0.25, 0.3) is 0 Å². The third kappa shape index (κ3) is 3.94. The number of hydrogen-bond acceptors (Lipinski definition) is 6. The summed E-state index contributed by atoms with van der Waals surface area (Å²) in [6.45, 7) is 3.92. The summed E-state index contributed by atoms with van der Waals surface area (Å²) in [7, 11) is 3.61. The van der Waals surface area contributed by atoms with Crippen molar-refractivity contribution in [2.24, 2.45) is 0 Å². The minimum atomic E-state index is -0.559. The quantitative estimate of drug-likeness (QED) is 0.752. The van der Waals surface area contributed by atoms with Crippen LogP contribution in [0.1, 0.15) is 34.8 Å². The summed E-state index contributed by atoms with van der Waals surface area (Å²) in [5.41, 5.74) is 0.869. The molecule has 0 saturated heterocycles. The number of pyridine rings is 1. The Hall–Kier alpha value is -2.11. The number of aromatic nitrogens is 1. The van der Waals surface area contributed by atoms with E-state index in [1.807, 2.05) is 0 Å². The molecule has 0 amide bonds. The van der Waals surface area contributed by atoms with Gasteiger partial charge in [0, 0.05) is 19.8 Å². The van der Waals surface area contributed by atoms with Gasteiger partial charge in [0.2, 0.25) is 0 Å². The average Bonchev–Trinajstić information content (AvgIpc) is 2.38. The standard InChI is InChI=1S/C13H18N2O4/c1-5-18-12(16)10-7-9(15(3)4)8-11(14-10)13(17)19-6-2/h7-8H,5-6H2,1-4H3. The van der Waals surface area contributed by atoms with Crippen molar-refractivity contribution >= 4 is 17.6 Å². The van der Waals surface area contributed by atoms with Crippen molar-refractivity contribution < 1.29 is 19.1 Å². The Bertz CT molecular complexity index is 435. The molecule has 6 nitrogen and oxygen atoms in total. The van der Waals surface area contributed by atoms with Crippen molar-refractivity contribution in [1.82, 2.24) is 4.98 Å². The molecule has 1 aromatic heterocycles. The zero-order valence-electron chi connectivity index (χ0n) is 11.6. The lowest BCUT2D eigenvalue weighted by Crippen LogP contribution is -2.16. The van der Waals surface area contributed by atoms with E-state index >= 15 is 0 Å². The van der Waals surface area contributed by atoms with Gasteiger partial charge in [0.1, 0.15) is 0 Å². The molecular formula is C13H18N2O4. The highest BCUT2D eigenvalue weighted by Crippen LogP contribution is 2.16. The van der Waals surface area contributed by atoms with Crippen LogP contribution in [0.3, 0.4) is 0 Å². The van der Waals surface area contributed by atoms with Gasteiger partial charge >= 0.3 is 11.9 Å². The fraction of sp³-hybridized carbons (Fsp3) is 0.462. The van der Waals surface area contributed by atoms with E-state index in [9.17, 15) is 9.59 Å². The first-order valence-corrected chi connectivity index (χ1v) is 6.03. The molecule has 0 atom stereocenters. The molecule has 0 aliphatic rings. The van der Waals surface area contributed by atoms with E-state index in [0.717, 1.165) is 0 Å². The fourth-order valence-corrected chi connectivity index (χ4v) is 1.39. The smallest absolute Gasteiger partial charge is 0.357 e. The van der Waals surface area contributed by atoms with Crippen LogP contribution in [-0.4, -0.2) is 44.2 Å². The Morgan fingerprint density at radius 1 is 1.05 bits per heavy atom. The predicted molar refractivity (Wildman–Crippen MR) is 70.5 cm³/mol. The lowest BCUT2D eigenvalue weighted by molar-refractivity contribution is 0.0511. The van der Waals surface area contributed by atoms with Gasteiger partial charge in [0.25, 0.3) is 0 Å². The molecule has 0 spiro atoms. The number of esters is 2. The molecule has 104 valence electrons. The lowest BCUT2D eigenvalue weighted by atomic mass is 10.2. The summed E-state index contributed by atoms with van der Waals surface area (Å²) in [6.07, 6.45) is 0. The first-order valence-electron chi connectivity index (χ1n) is 6.03. The Morgan fingerprint density at radius 3 is 1.79 bits per heavy atom. The maximum atomic E-state index is 11.7. The van der Waals surface area contributed by atoms with Gasteiger partial charge in [-0.2, -0.15) is 0 Å². The lowest BCUT2D eigenvalue weighted by Gasteiger charge is -2.14. The molecule has 1 heterocycles. The number of hydrogen-bond donors (Lipinski definition) is 0. The van der Waals surface area contributed by atoms with Crippen LogP contribution in [0.15, 0.2) is 12.1 Å². The average molecular weight is 266 g/mol. The predicted octanol–water partition coefficient (Wildman–Crippen LogP) is 1.50. The number of ether oxygens (including phenoxy) is 2. The molecule has 0 fully saturated rings. The van der Waals surface area contributed by atoms with Gasteiger partial charge in [-0.05, 0) is 26.0 Å². The minimum Gasteiger partial charge on any atom is -0.461 e. The summed E-state index contributed by atoms with van der Waals surface area (Å²) in [5.74, 6) is -1.12. The Kier molecular flexibility index (Phi) is 5.29. The molecular weight excluding hydrogens is 248 g/mol. The highest BCUT2D eigenvalue weighted by Gasteiger charge is 2.17. The summed E-state index contributed by atoms with van der Waals surface area (Å²) < 4.78 is 9.77. The van der Waals surface area contributed by atoms with E-state index in [-0.39, 0.29) is 24.6 Å². The fourth-order valence-electron chi connectivity index (χ4n) is 1.39. The zero-order valence-corrected chi connectivity index (χ0v) is 11.6. The first kappa shape index (κ1) is 14.9. The molecule has 0 radical (unpaired) electrons. The third-order valence-corrected chi connectivity index (χ3v) is 2.30. The van der Waals surface area contributed by atoms with Crippen LogP contribution in [0.5, 0.6) is 0 Å². The normalized spacial score (nSPS) is 9.89. The monoisotopic (exact) mass is 266 g/mol. The molecule has 1 rings (SSSR count). The Labute approximate surface area is 112 Å². The second-order valence-corrected chi connectivity index (χ2v) is 3.93. The summed E-state index contributed by atoms with van der Waals surface area (Å²) in [6, 6.07) is 3.14. The topological polar surface area (TPSA) is 68.7 Å². The van der Waals surface area contributed by atoms with Gasteiger partial charge in [0.15, 0.2) is 11.4 Å². The van der Waals surface area contributed by atoms with Crippen LogP contribution in [-0.2, 0) is 9.47 Å². The molecule has 0 bridgehead atoms. The van der Waals surface area contributed by atoms with Crippen molar-refractivity contribution in [2.75, 3.05) is 32.2 Å². The molecule has 6 heteroatoms. The first-order chi connectivity index (χ1) is 8.99. The summed E-state index contributed by atoms with van der Waals surface area (Å²) in [5, 5.41) is 0. The third-order valence-electron chi connectivity index (χ3n) is 2.30. The molecule has 1 aromatic rings. The van der Waals surface area contributed by atoms with E-state index in [1.165, 1.54) is 0 Å². The highest BCUT2D eigenvalue weighted by atomic mass is 16.5. The van der Waals surface area contributed by atoms with Crippen molar-refractivity contribution in [1.29, 1.82) is 0 Å². The van der Waals surface area contributed by atoms with Gasteiger partial charge < -0.3 is 14.4 Å². The second kappa shape index (κ2) is 6.72. The second-order valence-electron chi connectivity index (χ2n) is 3.93. The maximum Gasteiger partial charge on any atom is 0.357 e. The number of nitrogens with zero attached hydrogens (tertiary/aromatic N) is 2. The van der Waals surface area contributed by atoms with Gasteiger partial charge in [-0.3, -0.25) is 0 Å². The number of anilines is 1.